The summed E-state index contributed by atoms with van der Waals surface area (Å²) in [6, 6.07) is 5.80. The van der Waals surface area contributed by atoms with Gasteiger partial charge < -0.3 is 10.6 Å². The van der Waals surface area contributed by atoms with Gasteiger partial charge in [-0.3, -0.25) is 14.7 Å². The number of pyridine rings is 1. The number of nitrogens with one attached hydrogen (secondary N) is 2. The third-order valence-electron chi connectivity index (χ3n) is 4.28. The second kappa shape index (κ2) is 9.08. The summed E-state index contributed by atoms with van der Waals surface area (Å²) < 4.78 is 0. The number of amides is 1. The lowest BCUT2D eigenvalue weighted by Gasteiger charge is -2.31. The van der Waals surface area contributed by atoms with Crippen LogP contribution in [0.4, 0.5) is 5.95 Å². The van der Waals surface area contributed by atoms with E-state index in [0.717, 1.165) is 32.5 Å². The number of piperidine rings is 1. The van der Waals surface area contributed by atoms with Gasteiger partial charge in [0, 0.05) is 51.0 Å². The van der Waals surface area contributed by atoms with E-state index in [9.17, 15) is 4.79 Å². The average molecular weight is 340 g/mol. The zero-order valence-corrected chi connectivity index (χ0v) is 14.3. The van der Waals surface area contributed by atoms with Crippen molar-refractivity contribution in [2.24, 2.45) is 5.92 Å². The highest BCUT2D eigenvalue weighted by molar-refractivity contribution is 5.79. The fourth-order valence-electron chi connectivity index (χ4n) is 3.06. The number of anilines is 1. The Kier molecular flexibility index (Phi) is 6.28. The van der Waals surface area contributed by atoms with Crippen LogP contribution >= 0.6 is 0 Å². The molecule has 2 aromatic heterocycles. The Morgan fingerprint density at radius 2 is 2.08 bits per heavy atom. The molecule has 7 nitrogen and oxygen atoms in total. The van der Waals surface area contributed by atoms with E-state index in [1.54, 1.807) is 24.7 Å². The third-order valence-corrected chi connectivity index (χ3v) is 4.28. The van der Waals surface area contributed by atoms with Crippen LogP contribution in [0.1, 0.15) is 18.4 Å². The molecule has 3 rings (SSSR count). The molecule has 0 aliphatic carbocycles. The molecule has 1 aliphatic heterocycles. The van der Waals surface area contributed by atoms with Crippen molar-refractivity contribution >= 4 is 11.9 Å². The second-order valence-electron chi connectivity index (χ2n) is 6.23. The third kappa shape index (κ3) is 5.49. The van der Waals surface area contributed by atoms with E-state index in [1.807, 2.05) is 12.3 Å². The van der Waals surface area contributed by atoms with Crippen molar-refractivity contribution in [2.75, 3.05) is 31.5 Å². The van der Waals surface area contributed by atoms with Gasteiger partial charge in [-0.25, -0.2) is 9.97 Å². The van der Waals surface area contributed by atoms with Crippen LogP contribution in [0.5, 0.6) is 0 Å². The lowest BCUT2D eigenvalue weighted by Crippen LogP contribution is -2.43. The highest BCUT2D eigenvalue weighted by atomic mass is 16.1. The quantitative estimate of drug-likeness (QED) is 0.740. The first-order valence-electron chi connectivity index (χ1n) is 8.71. The maximum absolute atomic E-state index is 12.4. The molecule has 1 aliphatic rings. The Morgan fingerprint density at radius 1 is 1.20 bits per heavy atom. The van der Waals surface area contributed by atoms with Crippen molar-refractivity contribution in [3.8, 4) is 0 Å². The SMILES string of the molecule is O=C(NCCNc1ncccn1)C1CCCN(Cc2cccnc2)C1. The molecular formula is C18H24N6O. The van der Waals surface area contributed by atoms with E-state index in [0.29, 0.717) is 19.0 Å². The summed E-state index contributed by atoms with van der Waals surface area (Å²) in [5.41, 5.74) is 1.19. The minimum absolute atomic E-state index is 0.0541. The number of hydrogen-bond donors (Lipinski definition) is 2. The van der Waals surface area contributed by atoms with Gasteiger partial charge in [0.2, 0.25) is 11.9 Å². The predicted molar refractivity (Wildman–Crippen MR) is 95.8 cm³/mol. The Hall–Kier alpha value is -2.54. The van der Waals surface area contributed by atoms with Gasteiger partial charge in [-0.2, -0.15) is 0 Å². The van der Waals surface area contributed by atoms with Crippen LogP contribution in [-0.2, 0) is 11.3 Å². The first-order valence-corrected chi connectivity index (χ1v) is 8.71. The lowest BCUT2D eigenvalue weighted by molar-refractivity contribution is -0.126. The van der Waals surface area contributed by atoms with Gasteiger partial charge in [-0.15, -0.1) is 0 Å². The zero-order chi connectivity index (χ0) is 17.3. The van der Waals surface area contributed by atoms with Crippen molar-refractivity contribution in [1.29, 1.82) is 0 Å². The first-order chi connectivity index (χ1) is 12.3. The van der Waals surface area contributed by atoms with Gasteiger partial charge >= 0.3 is 0 Å². The molecule has 1 amide bonds. The molecule has 7 heteroatoms. The van der Waals surface area contributed by atoms with Crippen LogP contribution in [-0.4, -0.2) is 51.9 Å². The molecule has 2 aromatic rings. The molecular weight excluding hydrogens is 316 g/mol. The summed E-state index contributed by atoms with van der Waals surface area (Å²) in [4.78, 5) is 27.1. The smallest absolute Gasteiger partial charge is 0.224 e. The molecule has 2 N–H and O–H groups in total. The number of likely N-dealkylation sites (tertiary alicyclic amines) is 1. The van der Waals surface area contributed by atoms with Gasteiger partial charge in [0.25, 0.3) is 0 Å². The predicted octanol–water partition coefficient (Wildman–Crippen LogP) is 1.31. The minimum Gasteiger partial charge on any atom is -0.354 e. The van der Waals surface area contributed by atoms with Crippen molar-refractivity contribution < 1.29 is 4.79 Å². The van der Waals surface area contributed by atoms with E-state index in [-0.39, 0.29) is 11.8 Å². The summed E-state index contributed by atoms with van der Waals surface area (Å²) in [7, 11) is 0. The summed E-state index contributed by atoms with van der Waals surface area (Å²) >= 11 is 0. The average Bonchev–Trinajstić information content (AvgIpc) is 2.67. The van der Waals surface area contributed by atoms with Gasteiger partial charge in [0.15, 0.2) is 0 Å². The number of carbonyl (C=O) groups excluding carboxylic acids is 1. The monoisotopic (exact) mass is 340 g/mol. The standard InChI is InChI=1S/C18H24N6O/c25-17(20-9-10-23-18-21-7-3-8-22-18)16-5-2-11-24(14-16)13-15-4-1-6-19-12-15/h1,3-4,6-8,12,16H,2,5,9-11,13-14H2,(H,20,25)(H,21,22,23). The fraction of sp³-hybridized carbons (Fsp3) is 0.444. The number of hydrogen-bond acceptors (Lipinski definition) is 6. The lowest BCUT2D eigenvalue weighted by atomic mass is 9.97. The Morgan fingerprint density at radius 3 is 2.88 bits per heavy atom. The van der Waals surface area contributed by atoms with Crippen LogP contribution in [0.15, 0.2) is 43.0 Å². The molecule has 132 valence electrons. The van der Waals surface area contributed by atoms with Gasteiger partial charge in [-0.1, -0.05) is 6.07 Å². The van der Waals surface area contributed by atoms with Crippen LogP contribution < -0.4 is 10.6 Å². The van der Waals surface area contributed by atoms with E-state index < -0.39 is 0 Å². The zero-order valence-electron chi connectivity index (χ0n) is 14.3. The molecule has 0 bridgehead atoms. The Bertz CT molecular complexity index is 651. The van der Waals surface area contributed by atoms with Crippen molar-refractivity contribution in [1.82, 2.24) is 25.2 Å². The fourth-order valence-corrected chi connectivity index (χ4v) is 3.06. The van der Waals surface area contributed by atoms with Gasteiger partial charge in [0.05, 0.1) is 5.92 Å². The van der Waals surface area contributed by atoms with Crippen molar-refractivity contribution in [3.63, 3.8) is 0 Å². The Balaban J connectivity index is 1.39. The van der Waals surface area contributed by atoms with E-state index in [1.165, 1.54) is 5.56 Å². The maximum Gasteiger partial charge on any atom is 0.224 e. The summed E-state index contributed by atoms with van der Waals surface area (Å²) in [6.07, 6.45) is 9.05. The highest BCUT2D eigenvalue weighted by Crippen LogP contribution is 2.18. The normalized spacial score (nSPS) is 17.8. The molecule has 3 heterocycles. The van der Waals surface area contributed by atoms with E-state index in [4.69, 9.17) is 0 Å². The molecule has 0 aromatic carbocycles. The highest BCUT2D eigenvalue weighted by Gasteiger charge is 2.25. The minimum atomic E-state index is 0.0541. The first kappa shape index (κ1) is 17.3. The van der Waals surface area contributed by atoms with Crippen LogP contribution in [0.2, 0.25) is 0 Å². The molecule has 0 saturated carbocycles. The summed E-state index contributed by atoms with van der Waals surface area (Å²) in [6.45, 7) is 3.87. The van der Waals surface area contributed by atoms with Crippen LogP contribution in [0.3, 0.4) is 0 Å². The van der Waals surface area contributed by atoms with Gasteiger partial charge in [0.1, 0.15) is 0 Å². The molecule has 1 saturated heterocycles. The molecule has 25 heavy (non-hydrogen) atoms. The number of carbonyl (C=O) groups is 1. The Labute approximate surface area is 147 Å². The summed E-state index contributed by atoms with van der Waals surface area (Å²) in [5, 5.41) is 6.10. The molecule has 0 spiro atoms. The molecule has 0 radical (unpaired) electrons. The van der Waals surface area contributed by atoms with Crippen molar-refractivity contribution in [2.45, 2.75) is 19.4 Å². The maximum atomic E-state index is 12.4. The topological polar surface area (TPSA) is 83.0 Å². The molecule has 1 atom stereocenters. The van der Waals surface area contributed by atoms with E-state index >= 15 is 0 Å². The molecule has 1 unspecified atom stereocenters. The van der Waals surface area contributed by atoms with E-state index in [2.05, 4.69) is 36.6 Å². The van der Waals surface area contributed by atoms with Crippen molar-refractivity contribution in [3.05, 3.63) is 48.5 Å². The van der Waals surface area contributed by atoms with Crippen LogP contribution in [0.25, 0.3) is 0 Å². The summed E-state index contributed by atoms with van der Waals surface area (Å²) in [5.74, 6) is 0.766. The second-order valence-corrected chi connectivity index (χ2v) is 6.23. The number of rotatable bonds is 7. The number of nitrogens with zero attached hydrogens (tertiary/aromatic N) is 4. The van der Waals surface area contributed by atoms with Gasteiger partial charge in [-0.05, 0) is 37.1 Å². The largest absolute Gasteiger partial charge is 0.354 e. The molecule has 1 fully saturated rings. The van der Waals surface area contributed by atoms with Crippen LogP contribution in [0, 0.1) is 5.92 Å². The number of aromatic nitrogens is 3.